The Kier molecular flexibility index (Phi) is 6.31. The predicted molar refractivity (Wildman–Crippen MR) is 97.6 cm³/mol. The Labute approximate surface area is 151 Å². The van der Waals surface area contributed by atoms with E-state index in [-0.39, 0.29) is 18.7 Å². The Hall–Kier alpha value is -2.48. The molecule has 0 fully saturated rings. The van der Waals surface area contributed by atoms with Crippen LogP contribution in [-0.4, -0.2) is 27.1 Å². The lowest BCUT2D eigenvalue weighted by molar-refractivity contribution is -0.116. The van der Waals surface area contributed by atoms with E-state index in [0.29, 0.717) is 5.69 Å². The van der Waals surface area contributed by atoms with Crippen molar-refractivity contribution in [2.75, 3.05) is 22.4 Å². The zero-order valence-electron chi connectivity index (χ0n) is 14.5. The molecule has 140 valence electrons. The van der Waals surface area contributed by atoms with Gasteiger partial charge in [-0.3, -0.25) is 9.10 Å². The van der Waals surface area contributed by atoms with Gasteiger partial charge in [0.2, 0.25) is 15.9 Å². The van der Waals surface area contributed by atoms with E-state index < -0.39 is 27.6 Å². The molecule has 0 aliphatic carbocycles. The lowest BCUT2D eigenvalue weighted by Gasteiger charge is -2.22. The molecule has 0 aliphatic rings. The van der Waals surface area contributed by atoms with Gasteiger partial charge in [0, 0.05) is 24.7 Å². The van der Waals surface area contributed by atoms with Crippen molar-refractivity contribution < 1.29 is 22.0 Å². The highest BCUT2D eigenvalue weighted by Crippen LogP contribution is 2.19. The molecule has 0 heterocycles. The number of carbonyl (C=O) groups is 1. The summed E-state index contributed by atoms with van der Waals surface area (Å²) in [5.74, 6) is -2.59. The molecule has 8 heteroatoms. The molecule has 0 aliphatic heterocycles. The van der Waals surface area contributed by atoms with E-state index in [0.717, 1.165) is 34.7 Å². The van der Waals surface area contributed by atoms with Gasteiger partial charge >= 0.3 is 0 Å². The van der Waals surface area contributed by atoms with Crippen LogP contribution in [0.1, 0.15) is 18.9 Å². The Morgan fingerprint density at radius 3 is 2.27 bits per heavy atom. The molecule has 2 rings (SSSR count). The second-order valence-electron chi connectivity index (χ2n) is 5.78. The standard InChI is InChI=1S/C18H20F2N2O3S/c1-3-13-4-7-15(8-5-13)22(26(2,24)25)11-10-18(23)21-14-6-9-16(19)17(20)12-14/h4-9,12H,3,10-11H2,1-2H3,(H,21,23). The summed E-state index contributed by atoms with van der Waals surface area (Å²) < 4.78 is 51.3. The number of halogens is 2. The largest absolute Gasteiger partial charge is 0.326 e. The normalized spacial score (nSPS) is 11.2. The number of aryl methyl sites for hydroxylation is 1. The van der Waals surface area contributed by atoms with Crippen LogP contribution in [0.3, 0.4) is 0 Å². The number of benzene rings is 2. The van der Waals surface area contributed by atoms with Crippen molar-refractivity contribution in [3.05, 3.63) is 59.7 Å². The smallest absolute Gasteiger partial charge is 0.232 e. The molecule has 2 aromatic carbocycles. The van der Waals surface area contributed by atoms with Crippen LogP contribution < -0.4 is 9.62 Å². The van der Waals surface area contributed by atoms with Crippen molar-refractivity contribution in [1.29, 1.82) is 0 Å². The van der Waals surface area contributed by atoms with Crippen molar-refractivity contribution >= 4 is 27.3 Å². The number of rotatable bonds is 7. The Morgan fingerprint density at radius 2 is 1.73 bits per heavy atom. The third-order valence-electron chi connectivity index (χ3n) is 3.78. The minimum absolute atomic E-state index is 0.0696. The minimum Gasteiger partial charge on any atom is -0.326 e. The molecule has 0 spiro atoms. The van der Waals surface area contributed by atoms with Gasteiger partial charge in [0.15, 0.2) is 11.6 Å². The number of hydrogen-bond acceptors (Lipinski definition) is 3. The zero-order valence-corrected chi connectivity index (χ0v) is 15.3. The first kappa shape index (κ1) is 19.8. The molecule has 0 bridgehead atoms. The van der Waals surface area contributed by atoms with Crippen molar-refractivity contribution in [2.45, 2.75) is 19.8 Å². The number of sulfonamides is 1. The van der Waals surface area contributed by atoms with Crippen LogP contribution in [0.2, 0.25) is 0 Å². The quantitative estimate of drug-likeness (QED) is 0.799. The third kappa shape index (κ3) is 5.26. The average molecular weight is 382 g/mol. The van der Waals surface area contributed by atoms with Crippen LogP contribution in [0, 0.1) is 11.6 Å². The van der Waals surface area contributed by atoms with E-state index in [9.17, 15) is 22.0 Å². The molecule has 26 heavy (non-hydrogen) atoms. The molecule has 0 aromatic heterocycles. The molecule has 0 radical (unpaired) electrons. The molecule has 5 nitrogen and oxygen atoms in total. The number of nitrogens with zero attached hydrogens (tertiary/aromatic N) is 1. The van der Waals surface area contributed by atoms with Gasteiger partial charge in [-0.15, -0.1) is 0 Å². The molecular weight excluding hydrogens is 362 g/mol. The van der Waals surface area contributed by atoms with Crippen LogP contribution in [0.4, 0.5) is 20.2 Å². The summed E-state index contributed by atoms with van der Waals surface area (Å²) >= 11 is 0. The maximum absolute atomic E-state index is 13.2. The highest BCUT2D eigenvalue weighted by molar-refractivity contribution is 7.92. The van der Waals surface area contributed by atoms with E-state index in [4.69, 9.17) is 0 Å². The van der Waals surface area contributed by atoms with E-state index >= 15 is 0 Å². The van der Waals surface area contributed by atoms with Crippen LogP contribution in [0.5, 0.6) is 0 Å². The van der Waals surface area contributed by atoms with Crippen molar-refractivity contribution in [2.24, 2.45) is 0 Å². The maximum Gasteiger partial charge on any atom is 0.232 e. The molecule has 2 aromatic rings. The van der Waals surface area contributed by atoms with Gasteiger partial charge in [-0.2, -0.15) is 0 Å². The van der Waals surface area contributed by atoms with E-state index in [1.807, 2.05) is 19.1 Å². The van der Waals surface area contributed by atoms with Gasteiger partial charge in [-0.1, -0.05) is 19.1 Å². The van der Waals surface area contributed by atoms with Gasteiger partial charge in [0.1, 0.15) is 0 Å². The highest BCUT2D eigenvalue weighted by Gasteiger charge is 2.18. The molecule has 0 saturated heterocycles. The second-order valence-corrected chi connectivity index (χ2v) is 7.69. The second kappa shape index (κ2) is 8.27. The van der Waals surface area contributed by atoms with Gasteiger partial charge in [-0.05, 0) is 36.2 Å². The molecule has 1 N–H and O–H groups in total. The van der Waals surface area contributed by atoms with Crippen molar-refractivity contribution in [1.82, 2.24) is 0 Å². The van der Waals surface area contributed by atoms with Crippen LogP contribution in [0.25, 0.3) is 0 Å². The van der Waals surface area contributed by atoms with Gasteiger partial charge < -0.3 is 5.32 Å². The van der Waals surface area contributed by atoms with Gasteiger partial charge in [0.25, 0.3) is 0 Å². The first-order chi connectivity index (χ1) is 12.2. The van der Waals surface area contributed by atoms with Crippen molar-refractivity contribution in [3.63, 3.8) is 0 Å². The SMILES string of the molecule is CCc1ccc(N(CCC(=O)Nc2ccc(F)c(F)c2)S(C)(=O)=O)cc1. The summed E-state index contributed by atoms with van der Waals surface area (Å²) in [5.41, 5.74) is 1.63. The predicted octanol–water partition coefficient (Wildman–Crippen LogP) is 3.32. The maximum atomic E-state index is 13.2. The topological polar surface area (TPSA) is 66.5 Å². The van der Waals surface area contributed by atoms with E-state index in [1.165, 1.54) is 6.07 Å². The number of anilines is 2. The zero-order chi connectivity index (χ0) is 19.3. The number of amides is 1. The number of nitrogens with one attached hydrogen (secondary N) is 1. The fourth-order valence-electron chi connectivity index (χ4n) is 2.38. The lowest BCUT2D eigenvalue weighted by atomic mass is 10.1. The fraction of sp³-hybridized carbons (Fsp3) is 0.278. The third-order valence-corrected chi connectivity index (χ3v) is 4.97. The Balaban J connectivity index is 2.06. The molecule has 0 atom stereocenters. The summed E-state index contributed by atoms with van der Waals surface area (Å²) in [7, 11) is -3.57. The Bertz CT molecular complexity index is 884. The van der Waals surface area contributed by atoms with E-state index in [2.05, 4.69) is 5.32 Å². The Morgan fingerprint density at radius 1 is 1.08 bits per heavy atom. The van der Waals surface area contributed by atoms with Gasteiger partial charge in [0.05, 0.1) is 11.9 Å². The first-order valence-corrected chi connectivity index (χ1v) is 9.87. The molecular formula is C18H20F2N2O3S. The minimum atomic E-state index is -3.57. The average Bonchev–Trinajstić information content (AvgIpc) is 2.58. The number of carbonyl (C=O) groups excluding carboxylic acids is 1. The van der Waals surface area contributed by atoms with Crippen LogP contribution >= 0.6 is 0 Å². The van der Waals surface area contributed by atoms with Gasteiger partial charge in [-0.25, -0.2) is 17.2 Å². The first-order valence-electron chi connectivity index (χ1n) is 8.02. The van der Waals surface area contributed by atoms with Crippen LogP contribution in [-0.2, 0) is 21.2 Å². The monoisotopic (exact) mass is 382 g/mol. The molecule has 1 amide bonds. The highest BCUT2D eigenvalue weighted by atomic mass is 32.2. The summed E-state index contributed by atoms with van der Waals surface area (Å²) in [6.45, 7) is 1.92. The number of hydrogen-bond donors (Lipinski definition) is 1. The summed E-state index contributed by atoms with van der Waals surface area (Å²) in [6.07, 6.45) is 1.76. The fourth-order valence-corrected chi connectivity index (χ4v) is 3.31. The van der Waals surface area contributed by atoms with E-state index in [1.54, 1.807) is 12.1 Å². The summed E-state index contributed by atoms with van der Waals surface area (Å²) in [5, 5.41) is 2.42. The molecule has 0 saturated carbocycles. The summed E-state index contributed by atoms with van der Waals surface area (Å²) in [6, 6.07) is 10.0. The summed E-state index contributed by atoms with van der Waals surface area (Å²) in [4.78, 5) is 12.0. The van der Waals surface area contributed by atoms with Crippen LogP contribution in [0.15, 0.2) is 42.5 Å². The lowest BCUT2D eigenvalue weighted by Crippen LogP contribution is -2.33. The van der Waals surface area contributed by atoms with Crippen molar-refractivity contribution in [3.8, 4) is 0 Å². The molecule has 0 unspecified atom stereocenters.